The first-order valence-corrected chi connectivity index (χ1v) is 6.42. The molecular weight excluding hydrogens is 248 g/mol. The SMILES string of the molecule is Cc1ccc(-c2noc(CSC(=N)N)n2)cc1C. The van der Waals surface area contributed by atoms with Gasteiger partial charge in [0.1, 0.15) is 0 Å². The van der Waals surface area contributed by atoms with Crippen molar-refractivity contribution in [2.24, 2.45) is 5.73 Å². The van der Waals surface area contributed by atoms with Crippen molar-refractivity contribution >= 4 is 16.9 Å². The molecule has 2 rings (SSSR count). The van der Waals surface area contributed by atoms with Gasteiger partial charge in [-0.25, -0.2) is 0 Å². The molecule has 18 heavy (non-hydrogen) atoms. The lowest BCUT2D eigenvalue weighted by Gasteiger charge is -2.00. The van der Waals surface area contributed by atoms with Gasteiger partial charge in [-0.2, -0.15) is 4.98 Å². The Morgan fingerprint density at radius 3 is 2.83 bits per heavy atom. The van der Waals surface area contributed by atoms with Gasteiger partial charge < -0.3 is 10.3 Å². The minimum Gasteiger partial charge on any atom is -0.379 e. The fourth-order valence-electron chi connectivity index (χ4n) is 1.45. The average molecular weight is 262 g/mol. The number of benzene rings is 1. The maximum atomic E-state index is 7.12. The molecule has 6 heteroatoms. The molecule has 1 heterocycles. The average Bonchev–Trinajstić information content (AvgIpc) is 2.79. The largest absolute Gasteiger partial charge is 0.379 e. The standard InChI is InChI=1S/C12H14N4OS/c1-7-3-4-9(5-8(7)2)11-15-10(17-16-11)6-18-12(13)14/h3-5H,6H2,1-2H3,(H3,13,14). The second kappa shape index (κ2) is 5.22. The van der Waals surface area contributed by atoms with Gasteiger partial charge in [-0.3, -0.25) is 5.41 Å². The number of aromatic nitrogens is 2. The molecule has 0 aliphatic carbocycles. The van der Waals surface area contributed by atoms with Gasteiger partial charge in [0.05, 0.1) is 5.75 Å². The lowest BCUT2D eigenvalue weighted by Crippen LogP contribution is -2.03. The Bertz CT molecular complexity index is 579. The van der Waals surface area contributed by atoms with Crippen molar-refractivity contribution in [3.05, 3.63) is 35.2 Å². The topological polar surface area (TPSA) is 88.8 Å². The van der Waals surface area contributed by atoms with Gasteiger partial charge in [-0.05, 0) is 31.0 Å². The fourth-order valence-corrected chi connectivity index (χ4v) is 1.85. The third kappa shape index (κ3) is 2.89. The summed E-state index contributed by atoms with van der Waals surface area (Å²) in [4.78, 5) is 4.27. The molecule has 5 nitrogen and oxygen atoms in total. The smallest absolute Gasteiger partial charge is 0.237 e. The van der Waals surface area contributed by atoms with E-state index < -0.39 is 0 Å². The third-order valence-corrected chi connectivity index (χ3v) is 3.29. The molecule has 0 bridgehead atoms. The van der Waals surface area contributed by atoms with E-state index >= 15 is 0 Å². The van der Waals surface area contributed by atoms with Crippen LogP contribution in [0.25, 0.3) is 11.4 Å². The molecule has 0 amide bonds. The summed E-state index contributed by atoms with van der Waals surface area (Å²) >= 11 is 1.16. The summed E-state index contributed by atoms with van der Waals surface area (Å²) in [5.41, 5.74) is 8.61. The number of aryl methyl sites for hydroxylation is 2. The second-order valence-electron chi connectivity index (χ2n) is 3.96. The minimum absolute atomic E-state index is 0.0425. The van der Waals surface area contributed by atoms with Crippen LogP contribution < -0.4 is 5.73 Å². The molecular formula is C12H14N4OS. The van der Waals surface area contributed by atoms with Gasteiger partial charge in [-0.15, -0.1) is 0 Å². The van der Waals surface area contributed by atoms with E-state index in [1.807, 2.05) is 25.1 Å². The molecule has 0 fully saturated rings. The first-order valence-electron chi connectivity index (χ1n) is 5.43. The predicted molar refractivity (Wildman–Crippen MR) is 72.4 cm³/mol. The highest BCUT2D eigenvalue weighted by Gasteiger charge is 2.09. The van der Waals surface area contributed by atoms with E-state index in [1.165, 1.54) is 11.1 Å². The summed E-state index contributed by atoms with van der Waals surface area (Å²) in [6.07, 6.45) is 0. The van der Waals surface area contributed by atoms with Crippen LogP contribution in [0.3, 0.4) is 0 Å². The van der Waals surface area contributed by atoms with Crippen molar-refractivity contribution < 1.29 is 4.52 Å². The molecule has 0 unspecified atom stereocenters. The maximum absolute atomic E-state index is 7.12. The van der Waals surface area contributed by atoms with E-state index in [9.17, 15) is 0 Å². The van der Waals surface area contributed by atoms with Crippen molar-refractivity contribution in [3.63, 3.8) is 0 Å². The van der Waals surface area contributed by atoms with Crippen LogP contribution in [-0.4, -0.2) is 15.3 Å². The Hall–Kier alpha value is -1.82. The number of nitrogens with one attached hydrogen (secondary N) is 1. The molecule has 0 saturated carbocycles. The molecule has 0 radical (unpaired) electrons. The quantitative estimate of drug-likeness (QED) is 0.655. The number of rotatable bonds is 3. The van der Waals surface area contributed by atoms with Crippen LogP contribution in [0.15, 0.2) is 22.7 Å². The molecule has 94 valence electrons. The van der Waals surface area contributed by atoms with E-state index in [0.717, 1.165) is 17.3 Å². The van der Waals surface area contributed by atoms with Crippen LogP contribution in [0.2, 0.25) is 0 Å². The summed E-state index contributed by atoms with van der Waals surface area (Å²) in [6.45, 7) is 4.11. The van der Waals surface area contributed by atoms with Crippen LogP contribution in [0.4, 0.5) is 0 Å². The number of thioether (sulfide) groups is 1. The van der Waals surface area contributed by atoms with Gasteiger partial charge in [0.2, 0.25) is 11.7 Å². The molecule has 1 aromatic heterocycles. The zero-order valence-corrected chi connectivity index (χ0v) is 11.0. The number of nitrogens with two attached hydrogens (primary N) is 1. The van der Waals surface area contributed by atoms with Crippen molar-refractivity contribution in [2.45, 2.75) is 19.6 Å². The molecule has 0 saturated heterocycles. The minimum atomic E-state index is 0.0425. The van der Waals surface area contributed by atoms with E-state index in [0.29, 0.717) is 17.5 Å². The predicted octanol–water partition coefficient (Wildman–Crippen LogP) is 2.48. The highest BCUT2D eigenvalue weighted by molar-refractivity contribution is 8.12. The molecule has 3 N–H and O–H groups in total. The summed E-state index contributed by atoms with van der Waals surface area (Å²) in [5, 5.41) is 11.1. The van der Waals surface area contributed by atoms with Gasteiger partial charge in [-0.1, -0.05) is 29.1 Å². The number of hydrogen-bond donors (Lipinski definition) is 2. The first kappa shape index (κ1) is 12.6. The lowest BCUT2D eigenvalue weighted by molar-refractivity contribution is 0.392. The lowest BCUT2D eigenvalue weighted by atomic mass is 10.1. The van der Waals surface area contributed by atoms with Crippen LogP contribution in [0.5, 0.6) is 0 Å². The normalized spacial score (nSPS) is 10.6. The molecule has 0 spiro atoms. The first-order chi connectivity index (χ1) is 8.56. The summed E-state index contributed by atoms with van der Waals surface area (Å²) in [5.74, 6) is 1.47. The number of hydrogen-bond acceptors (Lipinski definition) is 5. The van der Waals surface area contributed by atoms with Gasteiger partial charge in [0, 0.05) is 5.56 Å². The van der Waals surface area contributed by atoms with E-state index in [4.69, 9.17) is 15.7 Å². The second-order valence-corrected chi connectivity index (χ2v) is 4.98. The van der Waals surface area contributed by atoms with Crippen molar-refractivity contribution in [1.82, 2.24) is 10.1 Å². The third-order valence-electron chi connectivity index (χ3n) is 2.58. The Labute approximate surface area is 109 Å². The summed E-state index contributed by atoms with van der Waals surface area (Å²) in [7, 11) is 0. The van der Waals surface area contributed by atoms with Crippen molar-refractivity contribution in [3.8, 4) is 11.4 Å². The molecule has 1 aromatic carbocycles. The van der Waals surface area contributed by atoms with Gasteiger partial charge in [0.25, 0.3) is 0 Å². The molecule has 0 aliphatic rings. The van der Waals surface area contributed by atoms with Crippen LogP contribution in [0, 0.1) is 19.3 Å². The van der Waals surface area contributed by atoms with Crippen LogP contribution in [0.1, 0.15) is 17.0 Å². The van der Waals surface area contributed by atoms with Gasteiger partial charge >= 0.3 is 0 Å². The molecule has 2 aromatic rings. The monoisotopic (exact) mass is 262 g/mol. The Balaban J connectivity index is 2.18. The van der Waals surface area contributed by atoms with Crippen LogP contribution >= 0.6 is 11.8 Å². The van der Waals surface area contributed by atoms with E-state index in [2.05, 4.69) is 17.1 Å². The zero-order chi connectivity index (χ0) is 13.1. The zero-order valence-electron chi connectivity index (χ0n) is 10.2. The summed E-state index contributed by atoms with van der Waals surface area (Å²) in [6, 6.07) is 6.03. The van der Waals surface area contributed by atoms with E-state index in [1.54, 1.807) is 0 Å². The molecule has 0 atom stereocenters. The van der Waals surface area contributed by atoms with Crippen LogP contribution in [-0.2, 0) is 5.75 Å². The Kier molecular flexibility index (Phi) is 3.66. The Morgan fingerprint density at radius 2 is 2.17 bits per heavy atom. The highest BCUT2D eigenvalue weighted by Crippen LogP contribution is 2.20. The fraction of sp³-hybridized carbons (Fsp3) is 0.250. The van der Waals surface area contributed by atoms with Gasteiger partial charge in [0.15, 0.2) is 5.17 Å². The Morgan fingerprint density at radius 1 is 1.39 bits per heavy atom. The summed E-state index contributed by atoms with van der Waals surface area (Å²) < 4.78 is 5.11. The number of amidine groups is 1. The van der Waals surface area contributed by atoms with Crippen molar-refractivity contribution in [2.75, 3.05) is 0 Å². The highest BCUT2D eigenvalue weighted by atomic mass is 32.2. The van der Waals surface area contributed by atoms with Crippen molar-refractivity contribution in [1.29, 1.82) is 5.41 Å². The maximum Gasteiger partial charge on any atom is 0.237 e. The number of nitrogens with zero attached hydrogens (tertiary/aromatic N) is 2. The molecule has 0 aliphatic heterocycles. The van der Waals surface area contributed by atoms with E-state index in [-0.39, 0.29) is 5.17 Å².